The van der Waals surface area contributed by atoms with Gasteiger partial charge in [-0.3, -0.25) is 9.48 Å². The number of nitrogens with zero attached hydrogens (tertiary/aromatic N) is 3. The molecule has 3 atom stereocenters. The zero-order valence-electron chi connectivity index (χ0n) is 15.0. The maximum absolute atomic E-state index is 12.6. The number of ether oxygens (including phenoxy) is 1. The van der Waals surface area contributed by atoms with Gasteiger partial charge in [-0.2, -0.15) is 5.10 Å². The van der Waals surface area contributed by atoms with Crippen LogP contribution in [0.5, 0.6) is 0 Å². The van der Waals surface area contributed by atoms with Crippen molar-refractivity contribution < 1.29 is 9.53 Å². The number of carbonyl (C=O) groups is 1. The van der Waals surface area contributed by atoms with E-state index in [4.69, 9.17) is 4.74 Å². The van der Waals surface area contributed by atoms with Crippen molar-refractivity contribution in [3.8, 4) is 0 Å². The summed E-state index contributed by atoms with van der Waals surface area (Å²) in [5, 5.41) is 13.4. The van der Waals surface area contributed by atoms with Gasteiger partial charge in [0.25, 0.3) is 0 Å². The number of hydrogen-bond acceptors (Lipinski definition) is 6. The lowest BCUT2D eigenvalue weighted by atomic mass is 9.90. The standard InChI is InChI=1S/C16H23N5O2S.2ClH/c1-10(23-3)16-20-12(9-24-16)5-18-15(22)14-7-17-6-13(14)11-4-19-21(2)8-11;;/h4,8-10,13-14,17H,5-7H2,1-3H3,(H,18,22);2*1H/t10?,13-,14+;;/m1../s1. The summed E-state index contributed by atoms with van der Waals surface area (Å²) >= 11 is 1.56. The monoisotopic (exact) mass is 421 g/mol. The van der Waals surface area contributed by atoms with E-state index in [2.05, 4.69) is 20.7 Å². The smallest absolute Gasteiger partial charge is 0.225 e. The molecule has 0 aromatic carbocycles. The van der Waals surface area contributed by atoms with Gasteiger partial charge in [0.15, 0.2) is 0 Å². The Balaban J connectivity index is 0.00000169. The van der Waals surface area contributed by atoms with Crippen LogP contribution in [0.3, 0.4) is 0 Å². The molecule has 10 heteroatoms. The van der Waals surface area contributed by atoms with Crippen LogP contribution in [0.1, 0.15) is 35.2 Å². The summed E-state index contributed by atoms with van der Waals surface area (Å²) in [6, 6.07) is 0. The maximum Gasteiger partial charge on any atom is 0.225 e. The third-order valence-corrected chi connectivity index (χ3v) is 5.47. The van der Waals surface area contributed by atoms with E-state index in [1.807, 2.05) is 31.7 Å². The van der Waals surface area contributed by atoms with E-state index < -0.39 is 0 Å². The van der Waals surface area contributed by atoms with Gasteiger partial charge in [-0.1, -0.05) is 0 Å². The molecule has 3 heterocycles. The van der Waals surface area contributed by atoms with E-state index in [9.17, 15) is 4.79 Å². The number of halogens is 2. The molecular formula is C16H25Cl2N5O2S. The van der Waals surface area contributed by atoms with Gasteiger partial charge in [-0.25, -0.2) is 4.98 Å². The van der Waals surface area contributed by atoms with Gasteiger partial charge in [0.05, 0.1) is 24.4 Å². The topological polar surface area (TPSA) is 81.1 Å². The Morgan fingerprint density at radius 1 is 1.50 bits per heavy atom. The van der Waals surface area contributed by atoms with Gasteiger partial charge in [0, 0.05) is 44.7 Å². The molecule has 3 rings (SSSR count). The summed E-state index contributed by atoms with van der Waals surface area (Å²) in [6.07, 6.45) is 3.81. The van der Waals surface area contributed by atoms with Gasteiger partial charge in [-0.05, 0) is 12.5 Å². The molecule has 0 aliphatic carbocycles. The highest BCUT2D eigenvalue weighted by atomic mass is 35.5. The van der Waals surface area contributed by atoms with Crippen LogP contribution in [0, 0.1) is 5.92 Å². The van der Waals surface area contributed by atoms with Crippen LogP contribution >= 0.6 is 36.2 Å². The van der Waals surface area contributed by atoms with Crippen LogP contribution in [-0.2, 0) is 23.1 Å². The molecule has 146 valence electrons. The number of aryl methyl sites for hydroxylation is 1. The minimum absolute atomic E-state index is 0. The van der Waals surface area contributed by atoms with E-state index in [1.165, 1.54) is 0 Å². The second kappa shape index (κ2) is 10.2. The van der Waals surface area contributed by atoms with Crippen molar-refractivity contribution in [2.45, 2.75) is 25.5 Å². The summed E-state index contributed by atoms with van der Waals surface area (Å²) in [7, 11) is 3.56. The first-order valence-electron chi connectivity index (χ1n) is 8.02. The average Bonchev–Trinajstić information content (AvgIpc) is 3.31. The number of rotatable bonds is 6. The van der Waals surface area contributed by atoms with Gasteiger partial charge < -0.3 is 15.4 Å². The van der Waals surface area contributed by atoms with Crippen LogP contribution < -0.4 is 10.6 Å². The molecule has 1 amide bonds. The van der Waals surface area contributed by atoms with E-state index in [0.717, 1.165) is 22.8 Å². The van der Waals surface area contributed by atoms with Crippen molar-refractivity contribution in [1.82, 2.24) is 25.4 Å². The van der Waals surface area contributed by atoms with Crippen LogP contribution in [0.15, 0.2) is 17.8 Å². The number of nitrogens with one attached hydrogen (secondary N) is 2. The molecule has 0 radical (unpaired) electrons. The normalized spacial score (nSPS) is 20.1. The molecule has 2 aromatic rings. The van der Waals surface area contributed by atoms with Crippen LogP contribution in [0.4, 0.5) is 0 Å². The van der Waals surface area contributed by atoms with Crippen molar-refractivity contribution in [2.24, 2.45) is 13.0 Å². The van der Waals surface area contributed by atoms with E-state index in [1.54, 1.807) is 23.1 Å². The summed E-state index contributed by atoms with van der Waals surface area (Å²) in [5.41, 5.74) is 1.98. The van der Waals surface area contributed by atoms with Gasteiger partial charge in [0.1, 0.15) is 11.1 Å². The lowest BCUT2D eigenvalue weighted by Crippen LogP contribution is -2.34. The Kier molecular flexibility index (Phi) is 8.99. The molecule has 1 aliphatic heterocycles. The predicted molar refractivity (Wildman–Crippen MR) is 106 cm³/mol. The van der Waals surface area contributed by atoms with Gasteiger partial charge in [-0.15, -0.1) is 36.2 Å². The number of hydrogen-bond donors (Lipinski definition) is 2. The molecule has 0 spiro atoms. The predicted octanol–water partition coefficient (Wildman–Crippen LogP) is 2.05. The number of methoxy groups -OCH3 is 1. The molecule has 1 fully saturated rings. The fraction of sp³-hybridized carbons (Fsp3) is 0.562. The molecule has 0 saturated carbocycles. The van der Waals surface area contributed by atoms with E-state index >= 15 is 0 Å². The van der Waals surface area contributed by atoms with Gasteiger partial charge in [0.2, 0.25) is 5.91 Å². The quantitative estimate of drug-likeness (QED) is 0.745. The third-order valence-electron chi connectivity index (χ3n) is 4.42. The Hall–Kier alpha value is -1.19. The molecule has 1 saturated heterocycles. The minimum Gasteiger partial charge on any atom is -0.375 e. The summed E-state index contributed by atoms with van der Waals surface area (Å²) in [4.78, 5) is 17.1. The number of aromatic nitrogens is 3. The van der Waals surface area contributed by atoms with Crippen molar-refractivity contribution in [3.63, 3.8) is 0 Å². The van der Waals surface area contributed by atoms with E-state index in [0.29, 0.717) is 13.1 Å². The third kappa shape index (κ3) is 5.17. The highest BCUT2D eigenvalue weighted by molar-refractivity contribution is 7.09. The van der Waals surface area contributed by atoms with Crippen LogP contribution in [0.25, 0.3) is 0 Å². The van der Waals surface area contributed by atoms with Crippen molar-refractivity contribution in [2.75, 3.05) is 20.2 Å². The largest absolute Gasteiger partial charge is 0.375 e. The SMILES string of the molecule is COC(C)c1nc(CNC(=O)[C@H]2CNC[C@@H]2c2cnn(C)c2)cs1.Cl.Cl. The maximum atomic E-state index is 12.6. The highest BCUT2D eigenvalue weighted by Gasteiger charge is 2.34. The fourth-order valence-corrected chi connectivity index (χ4v) is 3.79. The summed E-state index contributed by atoms with van der Waals surface area (Å²) in [6.45, 7) is 3.90. The zero-order chi connectivity index (χ0) is 17.1. The first-order valence-corrected chi connectivity index (χ1v) is 8.90. The summed E-state index contributed by atoms with van der Waals surface area (Å²) < 4.78 is 7.04. The van der Waals surface area contributed by atoms with E-state index in [-0.39, 0.29) is 48.7 Å². The van der Waals surface area contributed by atoms with Crippen molar-refractivity contribution in [3.05, 3.63) is 34.0 Å². The molecule has 2 aromatic heterocycles. The second-order valence-electron chi connectivity index (χ2n) is 6.09. The lowest BCUT2D eigenvalue weighted by Gasteiger charge is -2.16. The van der Waals surface area contributed by atoms with Gasteiger partial charge >= 0.3 is 0 Å². The Morgan fingerprint density at radius 3 is 2.92 bits per heavy atom. The molecule has 0 bridgehead atoms. The first-order chi connectivity index (χ1) is 11.6. The first kappa shape index (κ1) is 22.9. The number of amides is 1. The average molecular weight is 422 g/mol. The molecule has 1 aliphatic rings. The van der Waals surface area contributed by atoms with Crippen molar-refractivity contribution in [1.29, 1.82) is 0 Å². The Labute approximate surface area is 169 Å². The number of thiazole rings is 1. The summed E-state index contributed by atoms with van der Waals surface area (Å²) in [5.74, 6) is 0.145. The number of carbonyl (C=O) groups excluding carboxylic acids is 1. The lowest BCUT2D eigenvalue weighted by molar-refractivity contribution is -0.125. The molecular weight excluding hydrogens is 397 g/mol. The highest BCUT2D eigenvalue weighted by Crippen LogP contribution is 2.28. The van der Waals surface area contributed by atoms with Crippen LogP contribution in [0.2, 0.25) is 0 Å². The zero-order valence-corrected chi connectivity index (χ0v) is 17.4. The minimum atomic E-state index is -0.0785. The molecule has 1 unspecified atom stereocenters. The molecule has 7 nitrogen and oxygen atoms in total. The Bertz CT molecular complexity index is 708. The van der Waals surface area contributed by atoms with Crippen LogP contribution in [-0.4, -0.2) is 40.9 Å². The molecule has 26 heavy (non-hydrogen) atoms. The fourth-order valence-electron chi connectivity index (χ4n) is 2.94. The Morgan fingerprint density at radius 2 is 2.27 bits per heavy atom. The van der Waals surface area contributed by atoms with Crippen molar-refractivity contribution >= 4 is 42.1 Å². The second-order valence-corrected chi connectivity index (χ2v) is 6.98. The molecule has 2 N–H and O–H groups in total.